The Hall–Kier alpha value is -3.01. The second-order valence-corrected chi connectivity index (χ2v) is 7.10. The Morgan fingerprint density at radius 3 is 2.70 bits per heavy atom. The third-order valence-corrected chi connectivity index (χ3v) is 5.21. The maximum absolute atomic E-state index is 13.1. The van der Waals surface area contributed by atoms with Gasteiger partial charge in [0, 0.05) is 6.54 Å². The largest absolute Gasteiger partial charge is 0.467 e. The first-order chi connectivity index (χ1) is 13.2. The number of fused-ring (bicyclic) bond motifs is 1. The van der Waals surface area contributed by atoms with E-state index < -0.39 is 0 Å². The third kappa shape index (κ3) is 3.90. The Kier molecular flexibility index (Phi) is 4.97. The van der Waals surface area contributed by atoms with Crippen LogP contribution in [0.5, 0.6) is 0 Å². The lowest BCUT2D eigenvalue weighted by molar-refractivity contribution is 0.169. The fourth-order valence-electron chi connectivity index (χ4n) is 3.75. The summed E-state index contributed by atoms with van der Waals surface area (Å²) in [5, 5.41) is 3.02. The monoisotopic (exact) mass is 360 g/mol. The smallest absolute Gasteiger partial charge is 0.318 e. The van der Waals surface area contributed by atoms with E-state index in [1.807, 2.05) is 17.0 Å². The van der Waals surface area contributed by atoms with Gasteiger partial charge in [0.25, 0.3) is 0 Å². The Morgan fingerprint density at radius 2 is 1.93 bits per heavy atom. The summed E-state index contributed by atoms with van der Waals surface area (Å²) >= 11 is 0. The average molecular weight is 360 g/mol. The van der Waals surface area contributed by atoms with Crippen molar-refractivity contribution in [1.29, 1.82) is 0 Å². The van der Waals surface area contributed by atoms with Crippen LogP contribution in [-0.4, -0.2) is 10.9 Å². The van der Waals surface area contributed by atoms with Crippen LogP contribution in [-0.2, 0) is 19.5 Å². The molecule has 4 rings (SSSR count). The van der Waals surface area contributed by atoms with Gasteiger partial charge in [-0.1, -0.05) is 54.1 Å². The minimum atomic E-state index is -0.0614. The van der Waals surface area contributed by atoms with Crippen LogP contribution in [0.25, 0.3) is 0 Å². The predicted octanol–water partition coefficient (Wildman–Crippen LogP) is 4.99. The zero-order chi connectivity index (χ0) is 18.6. The van der Waals surface area contributed by atoms with Crippen LogP contribution < -0.4 is 5.32 Å². The standard InChI is InChI=1S/C23H24N2O2/c1-17-8-10-18(11-9-17)16-25(23(26)24-15-20-6-4-14-27-20)22-13-12-19-5-2-3-7-21(19)22/h2-11,14,22H,12-13,15-16H2,1H3,(H,24,26)/t22-/m0/s1. The molecular formula is C23H24N2O2. The Bertz CT molecular complexity index is 900. The Morgan fingerprint density at radius 1 is 1.11 bits per heavy atom. The van der Waals surface area contributed by atoms with Gasteiger partial charge in [-0.3, -0.25) is 0 Å². The molecule has 0 unspecified atom stereocenters. The molecule has 0 bridgehead atoms. The highest BCUT2D eigenvalue weighted by Gasteiger charge is 2.31. The highest BCUT2D eigenvalue weighted by Crippen LogP contribution is 2.36. The summed E-state index contributed by atoms with van der Waals surface area (Å²) in [7, 11) is 0. The zero-order valence-corrected chi connectivity index (χ0v) is 15.5. The Balaban J connectivity index is 1.56. The molecule has 27 heavy (non-hydrogen) atoms. The molecule has 1 aliphatic carbocycles. The van der Waals surface area contributed by atoms with Crippen LogP contribution in [0, 0.1) is 6.92 Å². The molecule has 1 heterocycles. The summed E-state index contributed by atoms with van der Waals surface area (Å²) in [5.74, 6) is 0.755. The topological polar surface area (TPSA) is 45.5 Å². The van der Waals surface area contributed by atoms with Gasteiger partial charge in [0.05, 0.1) is 18.8 Å². The molecule has 4 nitrogen and oxygen atoms in total. The van der Waals surface area contributed by atoms with Crippen molar-refractivity contribution in [2.75, 3.05) is 0 Å². The Labute approximate surface area is 159 Å². The molecule has 0 radical (unpaired) electrons. The molecule has 1 aromatic heterocycles. The van der Waals surface area contributed by atoms with Crippen molar-refractivity contribution in [2.24, 2.45) is 0 Å². The van der Waals surface area contributed by atoms with Crippen molar-refractivity contribution in [3.63, 3.8) is 0 Å². The van der Waals surface area contributed by atoms with Gasteiger partial charge in [-0.2, -0.15) is 0 Å². The number of carbonyl (C=O) groups is 1. The van der Waals surface area contributed by atoms with Crippen molar-refractivity contribution in [2.45, 2.75) is 38.9 Å². The van der Waals surface area contributed by atoms with Crippen molar-refractivity contribution in [1.82, 2.24) is 10.2 Å². The van der Waals surface area contributed by atoms with Crippen LogP contribution >= 0.6 is 0 Å². The second-order valence-electron chi connectivity index (χ2n) is 7.10. The van der Waals surface area contributed by atoms with Gasteiger partial charge < -0.3 is 14.6 Å². The normalized spacial score (nSPS) is 15.4. The lowest BCUT2D eigenvalue weighted by atomic mass is 10.1. The van der Waals surface area contributed by atoms with Gasteiger partial charge >= 0.3 is 6.03 Å². The minimum Gasteiger partial charge on any atom is -0.467 e. The number of rotatable bonds is 5. The summed E-state index contributed by atoms with van der Waals surface area (Å²) in [6.07, 6.45) is 3.59. The summed E-state index contributed by atoms with van der Waals surface area (Å²) in [4.78, 5) is 15.0. The molecule has 0 saturated carbocycles. The summed E-state index contributed by atoms with van der Waals surface area (Å²) in [5.41, 5.74) is 4.96. The SMILES string of the molecule is Cc1ccc(CN(C(=O)NCc2ccco2)[C@H]2CCc3ccccc32)cc1. The van der Waals surface area contributed by atoms with Gasteiger partial charge in [-0.05, 0) is 48.6 Å². The molecule has 1 atom stereocenters. The number of urea groups is 1. The molecule has 0 aliphatic heterocycles. The lowest BCUT2D eigenvalue weighted by Crippen LogP contribution is -2.41. The number of hydrogen-bond acceptors (Lipinski definition) is 2. The van der Waals surface area contributed by atoms with Crippen LogP contribution in [0.2, 0.25) is 0 Å². The van der Waals surface area contributed by atoms with E-state index in [0.29, 0.717) is 13.1 Å². The van der Waals surface area contributed by atoms with Gasteiger partial charge in [0.1, 0.15) is 5.76 Å². The minimum absolute atomic E-state index is 0.0614. The molecule has 3 aromatic rings. The summed E-state index contributed by atoms with van der Waals surface area (Å²) < 4.78 is 5.34. The van der Waals surface area contributed by atoms with Crippen LogP contribution in [0.1, 0.15) is 40.5 Å². The van der Waals surface area contributed by atoms with Gasteiger partial charge in [0.15, 0.2) is 0 Å². The fraction of sp³-hybridized carbons (Fsp3) is 0.261. The quantitative estimate of drug-likeness (QED) is 0.697. The van der Waals surface area contributed by atoms with E-state index in [1.165, 1.54) is 16.7 Å². The first-order valence-corrected chi connectivity index (χ1v) is 9.41. The highest BCUT2D eigenvalue weighted by molar-refractivity contribution is 5.75. The van der Waals surface area contributed by atoms with Gasteiger partial charge in [-0.25, -0.2) is 4.79 Å². The number of carbonyl (C=O) groups excluding carboxylic acids is 1. The molecule has 1 aliphatic rings. The van der Waals surface area contributed by atoms with Crippen molar-refractivity contribution < 1.29 is 9.21 Å². The molecule has 138 valence electrons. The molecule has 2 amide bonds. The maximum Gasteiger partial charge on any atom is 0.318 e. The van der Waals surface area contributed by atoms with E-state index in [2.05, 4.69) is 60.8 Å². The molecule has 0 spiro atoms. The summed E-state index contributed by atoms with van der Waals surface area (Å²) in [6, 6.07) is 20.6. The highest BCUT2D eigenvalue weighted by atomic mass is 16.3. The zero-order valence-electron chi connectivity index (χ0n) is 15.5. The van der Waals surface area contributed by atoms with E-state index >= 15 is 0 Å². The van der Waals surface area contributed by atoms with Gasteiger partial charge in [0.2, 0.25) is 0 Å². The summed E-state index contributed by atoms with van der Waals surface area (Å²) in [6.45, 7) is 3.05. The van der Waals surface area contributed by atoms with Crippen LogP contribution in [0.15, 0.2) is 71.3 Å². The van der Waals surface area contributed by atoms with E-state index in [0.717, 1.165) is 24.2 Å². The number of nitrogens with zero attached hydrogens (tertiary/aromatic N) is 1. The first kappa shape index (κ1) is 17.4. The molecular weight excluding hydrogens is 336 g/mol. The van der Waals surface area contributed by atoms with Crippen molar-refractivity contribution >= 4 is 6.03 Å². The maximum atomic E-state index is 13.1. The molecule has 1 N–H and O–H groups in total. The van der Waals surface area contributed by atoms with Crippen molar-refractivity contribution in [3.8, 4) is 0 Å². The van der Waals surface area contributed by atoms with Crippen LogP contribution in [0.3, 0.4) is 0 Å². The molecule has 0 fully saturated rings. The number of aryl methyl sites for hydroxylation is 2. The van der Waals surface area contributed by atoms with Crippen LogP contribution in [0.4, 0.5) is 4.79 Å². The molecule has 2 aromatic carbocycles. The number of amides is 2. The number of furan rings is 1. The second kappa shape index (κ2) is 7.70. The van der Waals surface area contributed by atoms with E-state index in [-0.39, 0.29) is 12.1 Å². The van der Waals surface area contributed by atoms with E-state index in [1.54, 1.807) is 6.26 Å². The third-order valence-electron chi connectivity index (χ3n) is 5.21. The molecule has 0 saturated heterocycles. The average Bonchev–Trinajstić information content (AvgIpc) is 3.35. The first-order valence-electron chi connectivity index (χ1n) is 9.41. The number of benzene rings is 2. The fourth-order valence-corrected chi connectivity index (χ4v) is 3.75. The van der Waals surface area contributed by atoms with E-state index in [4.69, 9.17) is 4.42 Å². The predicted molar refractivity (Wildman–Crippen MR) is 105 cm³/mol. The van der Waals surface area contributed by atoms with Gasteiger partial charge in [-0.15, -0.1) is 0 Å². The van der Waals surface area contributed by atoms with Crippen molar-refractivity contribution in [3.05, 3.63) is 94.9 Å². The number of hydrogen-bond donors (Lipinski definition) is 1. The molecule has 4 heteroatoms. The number of nitrogens with one attached hydrogen (secondary N) is 1. The lowest BCUT2D eigenvalue weighted by Gasteiger charge is -2.30. The van der Waals surface area contributed by atoms with E-state index in [9.17, 15) is 4.79 Å².